The van der Waals surface area contributed by atoms with Crippen molar-refractivity contribution < 1.29 is 5.11 Å². The van der Waals surface area contributed by atoms with Crippen molar-refractivity contribution in [1.82, 2.24) is 14.9 Å². The van der Waals surface area contributed by atoms with Crippen molar-refractivity contribution in [2.45, 2.75) is 26.4 Å². The molecule has 2 heterocycles. The number of rotatable bonds is 2. The molecule has 0 spiro atoms. The number of nitrogens with one attached hydrogen (secondary N) is 2. The molecule has 3 rings (SSSR count). The van der Waals surface area contributed by atoms with Crippen LogP contribution in [0.1, 0.15) is 22.4 Å². The molecule has 0 saturated carbocycles. The van der Waals surface area contributed by atoms with E-state index in [0.717, 1.165) is 35.3 Å². The highest BCUT2D eigenvalue weighted by Gasteiger charge is 2.20. The Kier molecular flexibility index (Phi) is 3.65. The molecule has 0 amide bonds. The van der Waals surface area contributed by atoms with Crippen LogP contribution in [-0.4, -0.2) is 26.5 Å². The van der Waals surface area contributed by atoms with Gasteiger partial charge in [0.05, 0.1) is 5.56 Å². The van der Waals surface area contributed by atoms with E-state index in [9.17, 15) is 9.90 Å². The SMILES string of the molecule is Cc1ccc(O)c(CN2CCc3[nH]c(=S)[nH]c(=O)c3C2)c1. The molecule has 0 atom stereocenters. The van der Waals surface area contributed by atoms with E-state index in [-0.39, 0.29) is 5.56 Å². The van der Waals surface area contributed by atoms with Crippen molar-refractivity contribution >= 4 is 12.2 Å². The normalized spacial score (nSPS) is 14.9. The highest BCUT2D eigenvalue weighted by atomic mass is 32.1. The third-order valence-electron chi connectivity index (χ3n) is 3.82. The second kappa shape index (κ2) is 5.46. The Morgan fingerprint density at radius 3 is 3.00 bits per heavy atom. The number of aromatic nitrogens is 2. The Balaban J connectivity index is 1.85. The highest BCUT2D eigenvalue weighted by Crippen LogP contribution is 2.22. The van der Waals surface area contributed by atoms with Crippen LogP contribution in [0.25, 0.3) is 0 Å². The van der Waals surface area contributed by atoms with Crippen LogP contribution < -0.4 is 5.56 Å². The van der Waals surface area contributed by atoms with Gasteiger partial charge in [0.1, 0.15) is 5.75 Å². The summed E-state index contributed by atoms with van der Waals surface area (Å²) in [5.41, 5.74) is 3.54. The van der Waals surface area contributed by atoms with Gasteiger partial charge in [-0.25, -0.2) is 0 Å². The minimum absolute atomic E-state index is 0.119. The number of fused-ring (bicyclic) bond motifs is 1. The fourth-order valence-corrected chi connectivity index (χ4v) is 2.95. The molecule has 0 saturated heterocycles. The lowest BCUT2D eigenvalue weighted by Crippen LogP contribution is -2.35. The highest BCUT2D eigenvalue weighted by molar-refractivity contribution is 7.71. The third kappa shape index (κ3) is 2.91. The Bertz CT molecular complexity index is 794. The van der Waals surface area contributed by atoms with E-state index in [1.165, 1.54) is 0 Å². The molecule has 0 radical (unpaired) electrons. The molecule has 6 heteroatoms. The molecule has 1 aromatic carbocycles. The zero-order chi connectivity index (χ0) is 15.0. The molecule has 110 valence electrons. The van der Waals surface area contributed by atoms with Gasteiger partial charge >= 0.3 is 0 Å². The number of aromatic amines is 2. The summed E-state index contributed by atoms with van der Waals surface area (Å²) in [6, 6.07) is 5.58. The predicted octanol–water partition coefficient (Wildman–Crippen LogP) is 2.00. The van der Waals surface area contributed by atoms with Crippen LogP contribution in [0, 0.1) is 11.7 Å². The number of hydrogen-bond acceptors (Lipinski definition) is 4. The lowest BCUT2D eigenvalue weighted by molar-refractivity contribution is 0.238. The van der Waals surface area contributed by atoms with Crippen molar-refractivity contribution in [1.29, 1.82) is 0 Å². The van der Waals surface area contributed by atoms with E-state index < -0.39 is 0 Å². The molecule has 0 bridgehead atoms. The largest absolute Gasteiger partial charge is 0.508 e. The Hall–Kier alpha value is -1.92. The predicted molar refractivity (Wildman–Crippen MR) is 82.9 cm³/mol. The van der Waals surface area contributed by atoms with Gasteiger partial charge in [-0.3, -0.25) is 14.7 Å². The van der Waals surface area contributed by atoms with Crippen LogP contribution in [0.5, 0.6) is 5.75 Å². The van der Waals surface area contributed by atoms with Crippen LogP contribution in [-0.2, 0) is 19.5 Å². The van der Waals surface area contributed by atoms with E-state index in [4.69, 9.17) is 12.2 Å². The molecule has 1 aliphatic heterocycles. The summed E-state index contributed by atoms with van der Waals surface area (Å²) in [5.74, 6) is 0.299. The van der Waals surface area contributed by atoms with E-state index in [1.54, 1.807) is 6.07 Å². The smallest absolute Gasteiger partial charge is 0.256 e. The topological polar surface area (TPSA) is 72.1 Å². The van der Waals surface area contributed by atoms with Gasteiger partial charge in [-0.05, 0) is 25.2 Å². The first-order chi connectivity index (χ1) is 10.0. The standard InChI is InChI=1S/C15H17N3O2S/c1-9-2-3-13(19)10(6-9)7-18-5-4-12-11(8-18)14(20)17-15(21)16-12/h2-3,6,19H,4-5,7-8H2,1H3,(H2,16,17,20,21). The second-order valence-electron chi connectivity index (χ2n) is 5.46. The third-order valence-corrected chi connectivity index (χ3v) is 4.02. The Morgan fingerprint density at radius 1 is 1.38 bits per heavy atom. The molecular weight excluding hydrogens is 286 g/mol. The Labute approximate surface area is 127 Å². The van der Waals surface area contributed by atoms with Crippen molar-refractivity contribution in [2.75, 3.05) is 6.54 Å². The number of phenols is 1. The molecule has 0 aliphatic carbocycles. The number of H-pyrrole nitrogens is 2. The van der Waals surface area contributed by atoms with E-state index in [2.05, 4.69) is 14.9 Å². The van der Waals surface area contributed by atoms with Gasteiger partial charge in [-0.2, -0.15) is 0 Å². The fourth-order valence-electron chi connectivity index (χ4n) is 2.73. The lowest BCUT2D eigenvalue weighted by Gasteiger charge is -2.28. The number of benzene rings is 1. The van der Waals surface area contributed by atoms with Gasteiger partial charge in [-0.1, -0.05) is 17.7 Å². The van der Waals surface area contributed by atoms with Crippen LogP contribution in [0.15, 0.2) is 23.0 Å². The zero-order valence-corrected chi connectivity index (χ0v) is 12.6. The maximum Gasteiger partial charge on any atom is 0.256 e. The average molecular weight is 303 g/mol. The molecule has 0 fully saturated rings. The maximum atomic E-state index is 12.0. The van der Waals surface area contributed by atoms with Crippen LogP contribution in [0.4, 0.5) is 0 Å². The summed E-state index contributed by atoms with van der Waals surface area (Å²) in [5, 5.41) is 9.94. The quantitative estimate of drug-likeness (QED) is 0.742. The lowest BCUT2D eigenvalue weighted by atomic mass is 10.0. The van der Waals surface area contributed by atoms with Gasteiger partial charge in [-0.15, -0.1) is 0 Å². The van der Waals surface area contributed by atoms with Crippen molar-refractivity contribution in [3.05, 3.63) is 55.7 Å². The van der Waals surface area contributed by atoms with Gasteiger partial charge in [0.2, 0.25) is 0 Å². The first-order valence-electron chi connectivity index (χ1n) is 6.88. The van der Waals surface area contributed by atoms with E-state index >= 15 is 0 Å². The summed E-state index contributed by atoms with van der Waals surface area (Å²) in [4.78, 5) is 19.8. The number of phenolic OH excluding ortho intramolecular Hbond substituents is 1. The van der Waals surface area contributed by atoms with Crippen molar-refractivity contribution in [3.63, 3.8) is 0 Å². The van der Waals surface area contributed by atoms with Gasteiger partial charge in [0, 0.05) is 37.3 Å². The first kappa shape index (κ1) is 14.0. The van der Waals surface area contributed by atoms with Crippen molar-refractivity contribution in [3.8, 4) is 5.75 Å². The van der Waals surface area contributed by atoms with Crippen molar-refractivity contribution in [2.24, 2.45) is 0 Å². The minimum atomic E-state index is -0.119. The zero-order valence-electron chi connectivity index (χ0n) is 11.8. The molecule has 5 nitrogen and oxygen atoms in total. The molecule has 3 N–H and O–H groups in total. The molecule has 1 aliphatic rings. The Morgan fingerprint density at radius 2 is 2.19 bits per heavy atom. The average Bonchev–Trinajstić information content (AvgIpc) is 2.43. The van der Waals surface area contributed by atoms with E-state index in [1.807, 2.05) is 19.1 Å². The van der Waals surface area contributed by atoms with Gasteiger partial charge in [0.15, 0.2) is 4.77 Å². The number of nitrogens with zero attached hydrogens (tertiary/aromatic N) is 1. The summed E-state index contributed by atoms with van der Waals surface area (Å²) < 4.78 is 0.378. The van der Waals surface area contributed by atoms with E-state index in [0.29, 0.717) is 23.6 Å². The number of aryl methyl sites for hydroxylation is 1. The van der Waals surface area contributed by atoms with Gasteiger partial charge in [0.25, 0.3) is 5.56 Å². The summed E-state index contributed by atoms with van der Waals surface area (Å²) in [6.45, 7) is 4.01. The molecule has 21 heavy (non-hydrogen) atoms. The second-order valence-corrected chi connectivity index (χ2v) is 5.87. The summed E-state index contributed by atoms with van der Waals surface area (Å²) in [6.07, 6.45) is 0.759. The molecule has 0 unspecified atom stereocenters. The molecular formula is C15H17N3O2S. The summed E-state index contributed by atoms with van der Waals surface area (Å²) >= 11 is 4.99. The monoisotopic (exact) mass is 303 g/mol. The fraction of sp³-hybridized carbons (Fsp3) is 0.333. The minimum Gasteiger partial charge on any atom is -0.508 e. The first-order valence-corrected chi connectivity index (χ1v) is 7.29. The van der Waals surface area contributed by atoms with Crippen LogP contribution in [0.2, 0.25) is 0 Å². The molecule has 2 aromatic rings. The van der Waals surface area contributed by atoms with Crippen LogP contribution in [0.3, 0.4) is 0 Å². The molecule has 1 aromatic heterocycles. The summed E-state index contributed by atoms with van der Waals surface area (Å²) in [7, 11) is 0. The maximum absolute atomic E-state index is 12.0. The number of aromatic hydroxyl groups is 1. The van der Waals surface area contributed by atoms with Crippen LogP contribution >= 0.6 is 12.2 Å². The van der Waals surface area contributed by atoms with Gasteiger partial charge < -0.3 is 10.1 Å². The number of hydrogen-bond donors (Lipinski definition) is 3.